The number of nitrogens with one attached hydrogen (secondary N) is 1. The molecule has 0 bridgehead atoms. The maximum Gasteiger partial charge on any atom is 0.175 e. The second-order valence-corrected chi connectivity index (χ2v) is 12.9. The largest absolute Gasteiger partial charge is 0.379 e. The van der Waals surface area contributed by atoms with Gasteiger partial charge in [0.1, 0.15) is 0 Å². The van der Waals surface area contributed by atoms with Crippen LogP contribution in [0.4, 0.5) is 0 Å². The summed E-state index contributed by atoms with van der Waals surface area (Å²) >= 11 is 2.01. The molecule has 5 fully saturated rings. The first kappa shape index (κ1) is 23.7. The highest BCUT2D eigenvalue weighted by Crippen LogP contribution is 2.41. The molecule has 5 aliphatic heterocycles. The van der Waals surface area contributed by atoms with Crippen molar-refractivity contribution in [3.8, 4) is 0 Å². The van der Waals surface area contributed by atoms with Crippen LogP contribution in [0.5, 0.6) is 0 Å². The van der Waals surface area contributed by atoms with E-state index in [0.717, 1.165) is 89.8 Å². The summed E-state index contributed by atoms with van der Waals surface area (Å²) in [5.74, 6) is 1.80. The number of piperazine rings is 1. The molecule has 0 amide bonds. The van der Waals surface area contributed by atoms with Gasteiger partial charge in [0.25, 0.3) is 0 Å². The van der Waals surface area contributed by atoms with Crippen molar-refractivity contribution in [3.05, 3.63) is 0 Å². The number of piperidine rings is 1. The lowest BCUT2D eigenvalue weighted by atomic mass is 10.1. The molecule has 0 aromatic carbocycles. The minimum atomic E-state index is -3.29. The lowest BCUT2D eigenvalue weighted by Crippen LogP contribution is -2.86. The molecule has 5 rings (SSSR count). The van der Waals surface area contributed by atoms with Gasteiger partial charge in [0.2, 0.25) is 0 Å². The molecule has 5 aliphatic rings. The highest BCUT2D eigenvalue weighted by molar-refractivity contribution is 7.99. The monoisotopic (exact) mass is 488 g/mol. The quantitative estimate of drug-likeness (QED) is 0.554. The van der Waals surface area contributed by atoms with Crippen LogP contribution in [-0.4, -0.2) is 147 Å². The Morgan fingerprint density at radius 2 is 1.47 bits per heavy atom. The minimum absolute atomic E-state index is 0.246. The third-order valence-electron chi connectivity index (χ3n) is 7.75. The molecule has 32 heavy (non-hydrogen) atoms. The fourth-order valence-corrected chi connectivity index (χ4v) is 9.45. The molecule has 0 spiro atoms. The van der Waals surface area contributed by atoms with E-state index in [0.29, 0.717) is 19.8 Å². The molecule has 0 aromatic rings. The minimum Gasteiger partial charge on any atom is -0.379 e. The normalized spacial score (nSPS) is 37.4. The Balaban J connectivity index is 1.65. The summed E-state index contributed by atoms with van der Waals surface area (Å²) in [5, 5.41) is 8.00. The Kier molecular flexibility index (Phi) is 7.67. The predicted octanol–water partition coefficient (Wildman–Crippen LogP) is -0.616. The fourth-order valence-electron chi connectivity index (χ4n) is 6.35. The number of hydrogen-bond acceptors (Lipinski definition) is 10. The average molecular weight is 489 g/mol. The predicted molar refractivity (Wildman–Crippen MR) is 128 cm³/mol. The van der Waals surface area contributed by atoms with Crippen LogP contribution in [0.2, 0.25) is 0 Å². The van der Waals surface area contributed by atoms with Crippen molar-refractivity contribution in [2.75, 3.05) is 102 Å². The van der Waals surface area contributed by atoms with Crippen LogP contribution >= 0.6 is 11.8 Å². The van der Waals surface area contributed by atoms with E-state index in [2.05, 4.69) is 30.0 Å². The molecule has 5 saturated heterocycles. The first-order valence-electron chi connectivity index (χ1n) is 12.5. The van der Waals surface area contributed by atoms with E-state index in [9.17, 15) is 8.42 Å². The Bertz CT molecular complexity index is 699. The molecule has 2 atom stereocenters. The summed E-state index contributed by atoms with van der Waals surface area (Å²) in [5.41, 5.74) is 0. The Morgan fingerprint density at radius 1 is 0.812 bits per heavy atom. The van der Waals surface area contributed by atoms with Crippen molar-refractivity contribution in [1.29, 1.82) is 0 Å². The van der Waals surface area contributed by atoms with E-state index in [1.165, 1.54) is 6.42 Å². The number of thioether (sulfide) groups is 1. The van der Waals surface area contributed by atoms with Gasteiger partial charge < -0.3 is 10.1 Å². The van der Waals surface area contributed by atoms with E-state index in [4.69, 9.17) is 4.74 Å². The van der Waals surface area contributed by atoms with Gasteiger partial charge >= 0.3 is 0 Å². The molecule has 1 N–H and O–H groups in total. The van der Waals surface area contributed by atoms with Crippen molar-refractivity contribution in [2.24, 2.45) is 0 Å². The van der Waals surface area contributed by atoms with Crippen LogP contribution in [0.3, 0.4) is 0 Å². The summed E-state index contributed by atoms with van der Waals surface area (Å²) in [6, 6.07) is 0. The van der Waals surface area contributed by atoms with E-state index in [1.54, 1.807) is 0 Å². The average Bonchev–Trinajstić information content (AvgIpc) is 2.85. The van der Waals surface area contributed by atoms with Gasteiger partial charge in [-0.1, -0.05) is 6.42 Å². The van der Waals surface area contributed by atoms with E-state index in [1.807, 2.05) is 11.8 Å². The second kappa shape index (κ2) is 10.3. The van der Waals surface area contributed by atoms with Gasteiger partial charge in [-0.2, -0.15) is 11.8 Å². The number of sulfone groups is 1. The van der Waals surface area contributed by atoms with Crippen LogP contribution < -0.4 is 5.32 Å². The zero-order valence-corrected chi connectivity index (χ0v) is 20.9. The summed E-state index contributed by atoms with van der Waals surface area (Å²) in [7, 11) is -3.29. The molecule has 0 radical (unpaired) electrons. The number of ether oxygens (including phenoxy) is 1. The van der Waals surface area contributed by atoms with E-state index in [-0.39, 0.29) is 5.75 Å². The van der Waals surface area contributed by atoms with Crippen LogP contribution in [0, 0.1) is 0 Å². The van der Waals surface area contributed by atoms with Crippen LogP contribution in [0.15, 0.2) is 0 Å². The summed E-state index contributed by atoms with van der Waals surface area (Å²) in [6.07, 6.45) is 3.38. The van der Waals surface area contributed by atoms with E-state index < -0.39 is 21.0 Å². The third-order valence-corrected chi connectivity index (χ3v) is 10.7. The molecule has 11 heteroatoms. The first-order chi connectivity index (χ1) is 15.6. The van der Waals surface area contributed by atoms with Gasteiger partial charge in [-0.3, -0.25) is 14.7 Å². The number of nitrogens with zero attached hydrogens (tertiary/aromatic N) is 5. The zero-order chi connectivity index (χ0) is 22.0. The standard InChI is InChI=1S/C21H40N6O3S2/c28-32(29)19-14-27(26-12-17-31-18-13-26)21(24-8-4-22-5-9-24,25-10-15-30-16-11-25)20(32)23-6-2-1-3-7-23/h20,22H,1-19H2. The van der Waals surface area contributed by atoms with Crippen molar-refractivity contribution in [2.45, 2.75) is 30.4 Å². The Hall–Kier alpha value is 0.0200. The molecular formula is C21H40N6O3S2. The molecule has 9 nitrogen and oxygen atoms in total. The van der Waals surface area contributed by atoms with Gasteiger partial charge in [0.15, 0.2) is 21.0 Å². The van der Waals surface area contributed by atoms with Gasteiger partial charge in [0, 0.05) is 70.4 Å². The topological polar surface area (TPSA) is 71.6 Å². The van der Waals surface area contributed by atoms with Crippen LogP contribution in [0.25, 0.3) is 0 Å². The van der Waals surface area contributed by atoms with Crippen molar-refractivity contribution in [3.63, 3.8) is 0 Å². The number of morpholine rings is 1. The van der Waals surface area contributed by atoms with Crippen LogP contribution in [0.1, 0.15) is 19.3 Å². The summed E-state index contributed by atoms with van der Waals surface area (Å²) in [4.78, 5) is 7.34. The lowest BCUT2D eigenvalue weighted by Gasteiger charge is -2.65. The van der Waals surface area contributed by atoms with Gasteiger partial charge in [-0.25, -0.2) is 18.4 Å². The zero-order valence-electron chi connectivity index (χ0n) is 19.3. The summed E-state index contributed by atoms with van der Waals surface area (Å²) in [6.45, 7) is 10.8. The Morgan fingerprint density at radius 3 is 2.16 bits per heavy atom. The molecule has 5 heterocycles. The molecule has 0 saturated carbocycles. The third kappa shape index (κ3) is 4.37. The molecule has 0 aromatic heterocycles. The van der Waals surface area contributed by atoms with Gasteiger partial charge in [-0.05, 0) is 25.9 Å². The number of rotatable bonds is 4. The Labute approximate surface area is 197 Å². The van der Waals surface area contributed by atoms with E-state index >= 15 is 0 Å². The van der Waals surface area contributed by atoms with Gasteiger partial charge in [-0.15, -0.1) is 0 Å². The molecule has 184 valence electrons. The molecule has 2 unspecified atom stereocenters. The number of hydrazine groups is 1. The molecular weight excluding hydrogens is 448 g/mol. The maximum atomic E-state index is 14.0. The smallest absolute Gasteiger partial charge is 0.175 e. The number of likely N-dealkylation sites (tertiary alicyclic amines) is 1. The van der Waals surface area contributed by atoms with Gasteiger partial charge in [0.05, 0.1) is 19.0 Å². The number of hydrogen-bond donors (Lipinski definition) is 1. The maximum absolute atomic E-state index is 14.0. The SMILES string of the molecule is O=S1(=O)CCN(N2CCSCC2)C(N2CCNCC2)(N2CCOCC2)C1N1CCCCC1. The van der Waals surface area contributed by atoms with Crippen molar-refractivity contribution >= 4 is 21.6 Å². The lowest BCUT2D eigenvalue weighted by molar-refractivity contribution is -0.276. The second-order valence-electron chi connectivity index (χ2n) is 9.53. The fraction of sp³-hybridized carbons (Fsp3) is 1.00. The highest BCUT2D eigenvalue weighted by atomic mass is 32.2. The van der Waals surface area contributed by atoms with Crippen molar-refractivity contribution < 1.29 is 13.2 Å². The van der Waals surface area contributed by atoms with Crippen molar-refractivity contribution in [1.82, 2.24) is 30.0 Å². The van der Waals surface area contributed by atoms with Crippen LogP contribution in [-0.2, 0) is 14.6 Å². The first-order valence-corrected chi connectivity index (χ1v) is 15.4. The molecule has 0 aliphatic carbocycles. The highest BCUT2D eigenvalue weighted by Gasteiger charge is 2.63. The summed E-state index contributed by atoms with van der Waals surface area (Å²) < 4.78 is 33.8.